The number of carbonyl (C=O) groups is 2. The number of methoxy groups -OCH3 is 3. The van der Waals surface area contributed by atoms with E-state index in [-0.39, 0.29) is 24.1 Å². The number of carbonyl (C=O) groups excluding carboxylic acids is 2. The van der Waals surface area contributed by atoms with Crippen molar-refractivity contribution in [2.45, 2.75) is 11.7 Å². The van der Waals surface area contributed by atoms with Gasteiger partial charge in [0.25, 0.3) is 5.91 Å². The lowest BCUT2D eigenvalue weighted by Crippen LogP contribution is -2.25. The first-order valence-corrected chi connectivity index (χ1v) is 13.9. The molecule has 0 spiro atoms. The zero-order valence-electron chi connectivity index (χ0n) is 21.7. The standard InChI is InChI=1S/C27H25BrClN5O5S/c1-37-18-7-5-17(6-8-18)31-25(35)15-40-27-33-32-24(14-30-26(36)20-12-16(28)4-10-21(20)29)34(27)22-13-19(38-2)9-11-23(22)39-3/h4-13H,14-15H2,1-3H3,(H,30,36)(H,31,35). The average Bonchev–Trinajstić information content (AvgIpc) is 3.38. The third kappa shape index (κ3) is 7.06. The Morgan fingerprint density at radius 1 is 0.950 bits per heavy atom. The van der Waals surface area contributed by atoms with Crippen molar-refractivity contribution in [3.05, 3.63) is 81.5 Å². The highest BCUT2D eigenvalue weighted by atomic mass is 79.9. The summed E-state index contributed by atoms with van der Waals surface area (Å²) in [7, 11) is 4.68. The maximum absolute atomic E-state index is 12.9. The fraction of sp³-hybridized carbons (Fsp3) is 0.185. The molecule has 1 aromatic heterocycles. The molecule has 13 heteroatoms. The molecule has 0 atom stereocenters. The Balaban J connectivity index is 1.59. The van der Waals surface area contributed by atoms with Gasteiger partial charge in [0.05, 0.1) is 49.9 Å². The Morgan fingerprint density at radius 2 is 1.68 bits per heavy atom. The summed E-state index contributed by atoms with van der Waals surface area (Å²) in [5.41, 5.74) is 1.53. The first-order valence-electron chi connectivity index (χ1n) is 11.8. The summed E-state index contributed by atoms with van der Waals surface area (Å²) in [6.07, 6.45) is 0. The fourth-order valence-corrected chi connectivity index (χ4v) is 4.98. The van der Waals surface area contributed by atoms with Crippen LogP contribution in [0.25, 0.3) is 5.69 Å². The molecule has 4 aromatic rings. The van der Waals surface area contributed by atoms with E-state index in [1.807, 2.05) is 0 Å². The highest BCUT2D eigenvalue weighted by molar-refractivity contribution is 9.10. The van der Waals surface area contributed by atoms with Crippen molar-refractivity contribution in [3.63, 3.8) is 0 Å². The van der Waals surface area contributed by atoms with Crippen LogP contribution in [0.3, 0.4) is 0 Å². The molecule has 0 saturated carbocycles. The van der Waals surface area contributed by atoms with Crippen molar-refractivity contribution >= 4 is 56.8 Å². The van der Waals surface area contributed by atoms with E-state index in [4.69, 9.17) is 25.8 Å². The maximum atomic E-state index is 12.9. The van der Waals surface area contributed by atoms with Crippen LogP contribution in [0.1, 0.15) is 16.2 Å². The number of hydrogen-bond acceptors (Lipinski definition) is 8. The van der Waals surface area contributed by atoms with Gasteiger partial charge in [-0.2, -0.15) is 0 Å². The number of benzene rings is 3. The van der Waals surface area contributed by atoms with Gasteiger partial charge in [-0.3, -0.25) is 14.2 Å². The van der Waals surface area contributed by atoms with Gasteiger partial charge in [0.2, 0.25) is 5.91 Å². The van der Waals surface area contributed by atoms with Crippen LogP contribution in [-0.4, -0.2) is 53.7 Å². The number of amides is 2. The molecule has 40 heavy (non-hydrogen) atoms. The molecular weight excluding hydrogens is 622 g/mol. The predicted molar refractivity (Wildman–Crippen MR) is 157 cm³/mol. The topological polar surface area (TPSA) is 117 Å². The van der Waals surface area contributed by atoms with Crippen LogP contribution >= 0.6 is 39.3 Å². The second kappa shape index (κ2) is 13.6. The van der Waals surface area contributed by atoms with Crippen LogP contribution in [0.4, 0.5) is 5.69 Å². The van der Waals surface area contributed by atoms with Crippen molar-refractivity contribution in [2.75, 3.05) is 32.4 Å². The number of halogens is 2. The van der Waals surface area contributed by atoms with Crippen LogP contribution in [0.5, 0.6) is 17.2 Å². The van der Waals surface area contributed by atoms with Gasteiger partial charge >= 0.3 is 0 Å². The third-order valence-electron chi connectivity index (χ3n) is 5.61. The Bertz CT molecular complexity index is 1520. The van der Waals surface area contributed by atoms with E-state index < -0.39 is 0 Å². The lowest BCUT2D eigenvalue weighted by atomic mass is 10.2. The SMILES string of the molecule is COc1ccc(NC(=O)CSc2nnc(CNC(=O)c3cc(Br)ccc3Cl)n2-c2cc(OC)ccc2OC)cc1. The van der Waals surface area contributed by atoms with E-state index in [9.17, 15) is 9.59 Å². The number of aromatic nitrogens is 3. The molecule has 1 heterocycles. The van der Waals surface area contributed by atoms with E-state index in [0.717, 1.165) is 4.47 Å². The number of hydrogen-bond donors (Lipinski definition) is 2. The van der Waals surface area contributed by atoms with Gasteiger partial charge in [-0.05, 0) is 54.6 Å². The van der Waals surface area contributed by atoms with Gasteiger partial charge in [0, 0.05) is 16.2 Å². The summed E-state index contributed by atoms with van der Waals surface area (Å²) < 4.78 is 18.6. The molecule has 208 valence electrons. The molecule has 0 aliphatic rings. The number of anilines is 1. The van der Waals surface area contributed by atoms with Gasteiger partial charge in [0.1, 0.15) is 17.2 Å². The van der Waals surface area contributed by atoms with E-state index in [1.54, 1.807) is 86.6 Å². The molecule has 0 fully saturated rings. The first kappa shape index (κ1) is 29.2. The summed E-state index contributed by atoms with van der Waals surface area (Å²) in [4.78, 5) is 25.6. The average molecular weight is 647 g/mol. The molecule has 0 saturated heterocycles. The maximum Gasteiger partial charge on any atom is 0.253 e. The molecule has 10 nitrogen and oxygen atoms in total. The molecule has 0 bridgehead atoms. The van der Waals surface area contributed by atoms with Crippen LogP contribution in [0.2, 0.25) is 5.02 Å². The zero-order chi connectivity index (χ0) is 28.6. The molecule has 0 aliphatic carbocycles. The second-order valence-corrected chi connectivity index (χ2v) is 10.4. The molecular formula is C27H25BrClN5O5S. The van der Waals surface area contributed by atoms with Crippen molar-refractivity contribution in [2.24, 2.45) is 0 Å². The largest absolute Gasteiger partial charge is 0.497 e. The van der Waals surface area contributed by atoms with Gasteiger partial charge < -0.3 is 24.8 Å². The number of nitrogens with zero attached hydrogens (tertiary/aromatic N) is 3. The third-order valence-corrected chi connectivity index (χ3v) is 7.37. The van der Waals surface area contributed by atoms with Crippen LogP contribution in [0, 0.1) is 0 Å². The lowest BCUT2D eigenvalue weighted by Gasteiger charge is -2.15. The Kier molecular flexibility index (Phi) is 9.91. The second-order valence-electron chi connectivity index (χ2n) is 8.14. The minimum Gasteiger partial charge on any atom is -0.497 e. The molecule has 3 aromatic carbocycles. The molecule has 4 rings (SSSR count). The number of nitrogens with one attached hydrogen (secondary N) is 2. The molecule has 2 N–H and O–H groups in total. The predicted octanol–water partition coefficient (Wildman–Crippen LogP) is 5.37. The van der Waals surface area contributed by atoms with Crippen molar-refractivity contribution in [1.29, 1.82) is 0 Å². The van der Waals surface area contributed by atoms with Crippen molar-refractivity contribution < 1.29 is 23.8 Å². The highest BCUT2D eigenvalue weighted by Gasteiger charge is 2.21. The molecule has 0 radical (unpaired) electrons. The van der Waals surface area contributed by atoms with E-state index in [2.05, 4.69) is 36.8 Å². The van der Waals surface area contributed by atoms with Crippen LogP contribution in [0.15, 0.2) is 70.3 Å². The van der Waals surface area contributed by atoms with Gasteiger partial charge in [-0.15, -0.1) is 10.2 Å². The van der Waals surface area contributed by atoms with Crippen LogP contribution < -0.4 is 24.8 Å². The van der Waals surface area contributed by atoms with Crippen molar-refractivity contribution in [1.82, 2.24) is 20.1 Å². The van der Waals surface area contributed by atoms with Gasteiger partial charge in [-0.25, -0.2) is 0 Å². The summed E-state index contributed by atoms with van der Waals surface area (Å²) in [6.45, 7) is 0.0215. The van der Waals surface area contributed by atoms with E-state index >= 15 is 0 Å². The van der Waals surface area contributed by atoms with Gasteiger partial charge in [-0.1, -0.05) is 39.3 Å². The zero-order valence-corrected chi connectivity index (χ0v) is 24.9. The minimum absolute atomic E-state index is 0.0215. The first-order chi connectivity index (χ1) is 19.3. The fourth-order valence-electron chi connectivity index (χ4n) is 3.65. The van der Waals surface area contributed by atoms with Gasteiger partial charge in [0.15, 0.2) is 11.0 Å². The summed E-state index contributed by atoms with van der Waals surface area (Å²) in [5, 5.41) is 15.0. The highest BCUT2D eigenvalue weighted by Crippen LogP contribution is 2.32. The quantitative estimate of drug-likeness (QED) is 0.209. The number of ether oxygens (including phenoxy) is 3. The monoisotopic (exact) mass is 645 g/mol. The van der Waals surface area contributed by atoms with Crippen LogP contribution in [-0.2, 0) is 11.3 Å². The Morgan fingerprint density at radius 3 is 2.38 bits per heavy atom. The Labute approximate surface area is 248 Å². The van der Waals surface area contributed by atoms with E-state index in [0.29, 0.717) is 50.2 Å². The molecule has 2 amide bonds. The summed E-state index contributed by atoms with van der Waals surface area (Å²) >= 11 is 10.8. The molecule has 0 unspecified atom stereocenters. The van der Waals surface area contributed by atoms with E-state index in [1.165, 1.54) is 11.8 Å². The normalized spacial score (nSPS) is 10.6. The lowest BCUT2D eigenvalue weighted by molar-refractivity contribution is -0.113. The van der Waals surface area contributed by atoms with Crippen molar-refractivity contribution in [3.8, 4) is 22.9 Å². The molecule has 0 aliphatic heterocycles. The number of rotatable bonds is 11. The minimum atomic E-state index is -0.383. The summed E-state index contributed by atoms with van der Waals surface area (Å²) in [5.74, 6) is 1.63. The number of thioether (sulfide) groups is 1. The Hall–Kier alpha value is -3.74. The summed E-state index contributed by atoms with van der Waals surface area (Å²) in [6, 6.07) is 17.3. The smallest absolute Gasteiger partial charge is 0.253 e.